The van der Waals surface area contributed by atoms with Crippen LogP contribution in [0.15, 0.2) is 46.9 Å². The fourth-order valence-corrected chi connectivity index (χ4v) is 1.89. The van der Waals surface area contributed by atoms with Crippen molar-refractivity contribution < 1.29 is 19.4 Å². The Kier molecular flexibility index (Phi) is 4.06. The van der Waals surface area contributed by atoms with Crippen LogP contribution in [0.4, 0.5) is 0 Å². The molecule has 2 aromatic carbocycles. The lowest BCUT2D eigenvalue weighted by atomic mass is 10.2. The van der Waals surface area contributed by atoms with Crippen LogP contribution in [0.1, 0.15) is 10.4 Å². The first-order valence-electron chi connectivity index (χ1n) is 5.45. The van der Waals surface area contributed by atoms with Gasteiger partial charge in [0.25, 0.3) is 0 Å². The minimum atomic E-state index is -1.04. The summed E-state index contributed by atoms with van der Waals surface area (Å²) >= 11 is 3.29. The molecular weight excluding hydrogens is 312 g/mol. The topological polar surface area (TPSA) is 55.8 Å². The van der Waals surface area contributed by atoms with Gasteiger partial charge < -0.3 is 14.6 Å². The van der Waals surface area contributed by atoms with Crippen LogP contribution < -0.4 is 9.47 Å². The van der Waals surface area contributed by atoms with Gasteiger partial charge in [-0.25, -0.2) is 4.79 Å². The lowest BCUT2D eigenvalue weighted by Gasteiger charge is -2.10. The highest BCUT2D eigenvalue weighted by Crippen LogP contribution is 2.30. The van der Waals surface area contributed by atoms with E-state index in [2.05, 4.69) is 15.9 Å². The Bertz CT molecular complexity index is 610. The summed E-state index contributed by atoms with van der Waals surface area (Å²) in [6, 6.07) is 11.7. The van der Waals surface area contributed by atoms with Gasteiger partial charge in [0, 0.05) is 10.5 Å². The van der Waals surface area contributed by atoms with E-state index in [1.165, 1.54) is 6.07 Å². The molecule has 0 saturated carbocycles. The fraction of sp³-hybridized carbons (Fsp3) is 0.0714. The standard InChI is InChI=1S/C14H11BrO4/c1-18-10-3-2-4-11(8-10)19-13-7-9(15)5-6-12(13)14(16)17/h2-8H,1H3,(H,16,17). The maximum absolute atomic E-state index is 11.1. The van der Waals surface area contributed by atoms with Crippen molar-refractivity contribution in [3.63, 3.8) is 0 Å². The van der Waals surface area contributed by atoms with Crippen molar-refractivity contribution in [1.82, 2.24) is 0 Å². The van der Waals surface area contributed by atoms with Crippen LogP contribution in [0.25, 0.3) is 0 Å². The second kappa shape index (κ2) is 5.75. The molecule has 0 bridgehead atoms. The molecule has 0 fully saturated rings. The number of carboxylic acid groups (broad SMARTS) is 1. The average molecular weight is 323 g/mol. The number of benzene rings is 2. The van der Waals surface area contributed by atoms with Crippen LogP contribution in [0.2, 0.25) is 0 Å². The zero-order valence-corrected chi connectivity index (χ0v) is 11.7. The predicted molar refractivity (Wildman–Crippen MR) is 74.2 cm³/mol. The average Bonchev–Trinajstić information content (AvgIpc) is 2.38. The Hall–Kier alpha value is -2.01. The van der Waals surface area contributed by atoms with Crippen molar-refractivity contribution in [1.29, 1.82) is 0 Å². The third kappa shape index (κ3) is 3.26. The van der Waals surface area contributed by atoms with E-state index in [1.54, 1.807) is 43.5 Å². The second-order valence-electron chi connectivity index (χ2n) is 3.73. The number of carboxylic acids is 1. The summed E-state index contributed by atoms with van der Waals surface area (Å²) in [5.41, 5.74) is 0.103. The zero-order chi connectivity index (χ0) is 13.8. The summed E-state index contributed by atoms with van der Waals surface area (Å²) in [5, 5.41) is 9.12. The third-order valence-electron chi connectivity index (χ3n) is 2.44. The number of hydrogen-bond acceptors (Lipinski definition) is 3. The lowest BCUT2D eigenvalue weighted by Crippen LogP contribution is -2.00. The summed E-state index contributed by atoms with van der Waals surface area (Å²) in [6.07, 6.45) is 0. The molecular formula is C14H11BrO4. The van der Waals surface area contributed by atoms with E-state index < -0.39 is 5.97 Å². The lowest BCUT2D eigenvalue weighted by molar-refractivity contribution is 0.0694. The van der Waals surface area contributed by atoms with Crippen molar-refractivity contribution in [3.05, 3.63) is 52.5 Å². The quantitative estimate of drug-likeness (QED) is 0.926. The summed E-state index contributed by atoms with van der Waals surface area (Å²) in [7, 11) is 1.56. The van der Waals surface area contributed by atoms with E-state index in [0.717, 1.165) is 4.47 Å². The van der Waals surface area contributed by atoms with Gasteiger partial charge in [0.1, 0.15) is 22.8 Å². The smallest absolute Gasteiger partial charge is 0.339 e. The zero-order valence-electron chi connectivity index (χ0n) is 10.1. The van der Waals surface area contributed by atoms with Crippen molar-refractivity contribution in [2.75, 3.05) is 7.11 Å². The number of carbonyl (C=O) groups is 1. The highest BCUT2D eigenvalue weighted by Gasteiger charge is 2.12. The van der Waals surface area contributed by atoms with E-state index >= 15 is 0 Å². The molecule has 0 spiro atoms. The fourth-order valence-electron chi connectivity index (χ4n) is 1.55. The van der Waals surface area contributed by atoms with Crippen molar-refractivity contribution in [2.24, 2.45) is 0 Å². The van der Waals surface area contributed by atoms with Gasteiger partial charge >= 0.3 is 5.97 Å². The molecule has 0 aliphatic rings. The number of hydrogen-bond donors (Lipinski definition) is 1. The van der Waals surface area contributed by atoms with Gasteiger partial charge in [0.15, 0.2) is 0 Å². The molecule has 0 amide bonds. The molecule has 2 aromatic rings. The number of rotatable bonds is 4. The number of halogens is 1. The molecule has 4 nitrogen and oxygen atoms in total. The monoisotopic (exact) mass is 322 g/mol. The Morgan fingerprint density at radius 3 is 2.58 bits per heavy atom. The minimum absolute atomic E-state index is 0.103. The van der Waals surface area contributed by atoms with Crippen molar-refractivity contribution in [2.45, 2.75) is 0 Å². The Labute approximate surface area is 118 Å². The van der Waals surface area contributed by atoms with Gasteiger partial charge in [-0.05, 0) is 30.3 Å². The SMILES string of the molecule is COc1cccc(Oc2cc(Br)ccc2C(=O)O)c1. The molecule has 0 aromatic heterocycles. The molecule has 0 radical (unpaired) electrons. The van der Waals surface area contributed by atoms with Crippen LogP contribution in [0.3, 0.4) is 0 Å². The molecule has 0 unspecified atom stereocenters. The molecule has 98 valence electrons. The molecule has 5 heteroatoms. The van der Waals surface area contributed by atoms with E-state index in [-0.39, 0.29) is 11.3 Å². The van der Waals surface area contributed by atoms with E-state index in [4.69, 9.17) is 14.6 Å². The summed E-state index contributed by atoms with van der Waals surface area (Å²) in [5.74, 6) is 0.393. The van der Waals surface area contributed by atoms with Gasteiger partial charge in [-0.15, -0.1) is 0 Å². The molecule has 0 atom stereocenters. The Morgan fingerprint density at radius 2 is 1.89 bits per heavy atom. The molecule has 0 aliphatic carbocycles. The van der Waals surface area contributed by atoms with Crippen LogP contribution in [-0.4, -0.2) is 18.2 Å². The highest BCUT2D eigenvalue weighted by molar-refractivity contribution is 9.10. The number of aromatic carboxylic acids is 1. The Morgan fingerprint density at radius 1 is 1.16 bits per heavy atom. The second-order valence-corrected chi connectivity index (χ2v) is 4.64. The molecule has 2 rings (SSSR count). The number of ether oxygens (including phenoxy) is 2. The Balaban J connectivity index is 2.36. The summed E-state index contributed by atoms with van der Waals surface area (Å²) < 4.78 is 11.4. The summed E-state index contributed by atoms with van der Waals surface area (Å²) in [4.78, 5) is 11.1. The van der Waals surface area contributed by atoms with Crippen LogP contribution in [0, 0.1) is 0 Å². The first kappa shape index (κ1) is 13.4. The molecule has 0 saturated heterocycles. The highest BCUT2D eigenvalue weighted by atomic mass is 79.9. The van der Waals surface area contributed by atoms with Crippen LogP contribution in [-0.2, 0) is 0 Å². The molecule has 1 N–H and O–H groups in total. The first-order chi connectivity index (χ1) is 9.10. The molecule has 0 aliphatic heterocycles. The minimum Gasteiger partial charge on any atom is -0.497 e. The van der Waals surface area contributed by atoms with Gasteiger partial charge in [-0.2, -0.15) is 0 Å². The largest absolute Gasteiger partial charge is 0.497 e. The van der Waals surface area contributed by atoms with Crippen LogP contribution >= 0.6 is 15.9 Å². The normalized spacial score (nSPS) is 10.0. The number of methoxy groups -OCH3 is 1. The van der Waals surface area contributed by atoms with Crippen LogP contribution in [0.5, 0.6) is 17.2 Å². The van der Waals surface area contributed by atoms with Gasteiger partial charge in [0.2, 0.25) is 0 Å². The predicted octanol–water partition coefficient (Wildman–Crippen LogP) is 3.95. The van der Waals surface area contributed by atoms with E-state index in [9.17, 15) is 4.79 Å². The van der Waals surface area contributed by atoms with Crippen molar-refractivity contribution in [3.8, 4) is 17.2 Å². The first-order valence-corrected chi connectivity index (χ1v) is 6.24. The van der Waals surface area contributed by atoms with Gasteiger partial charge in [-0.3, -0.25) is 0 Å². The van der Waals surface area contributed by atoms with E-state index in [1.807, 2.05) is 0 Å². The van der Waals surface area contributed by atoms with Gasteiger partial charge in [0.05, 0.1) is 7.11 Å². The molecule has 0 heterocycles. The van der Waals surface area contributed by atoms with E-state index in [0.29, 0.717) is 11.5 Å². The summed E-state index contributed by atoms with van der Waals surface area (Å²) in [6.45, 7) is 0. The third-order valence-corrected chi connectivity index (χ3v) is 2.94. The maximum atomic E-state index is 11.1. The van der Waals surface area contributed by atoms with Crippen molar-refractivity contribution >= 4 is 21.9 Å². The van der Waals surface area contributed by atoms with Gasteiger partial charge in [-0.1, -0.05) is 22.0 Å². The maximum Gasteiger partial charge on any atom is 0.339 e. The molecule has 19 heavy (non-hydrogen) atoms.